The molecule has 3 rings (SSSR count). The summed E-state index contributed by atoms with van der Waals surface area (Å²) in [6, 6.07) is 21.0. The Morgan fingerprint density at radius 1 is 0.909 bits per heavy atom. The standard InChI is InChI=1S/C26H32FN3O2S/c1-5-30(17-16-29(2)23-11-13-24(31-3)14-12-23)19-20-6-9-22(10-7-20)28-33-26-18-21(27)8-15-25(26)32-4/h6-15,18,28H,5,16-17,19H2,1-4H3. The highest BCUT2D eigenvalue weighted by atomic mass is 32.2. The van der Waals surface area contributed by atoms with Gasteiger partial charge in [-0.3, -0.25) is 4.90 Å². The lowest BCUT2D eigenvalue weighted by molar-refractivity contribution is 0.287. The Labute approximate surface area is 200 Å². The number of anilines is 2. The predicted molar refractivity (Wildman–Crippen MR) is 136 cm³/mol. The molecule has 0 bridgehead atoms. The molecule has 3 aromatic carbocycles. The van der Waals surface area contributed by atoms with E-state index in [1.54, 1.807) is 20.3 Å². The average Bonchev–Trinajstić information content (AvgIpc) is 2.86. The number of hydrogen-bond acceptors (Lipinski definition) is 6. The largest absolute Gasteiger partial charge is 0.497 e. The Hall–Kier alpha value is -2.90. The number of nitrogens with one attached hydrogen (secondary N) is 1. The van der Waals surface area contributed by atoms with Crippen molar-refractivity contribution in [3.8, 4) is 11.5 Å². The van der Waals surface area contributed by atoms with Crippen molar-refractivity contribution in [2.24, 2.45) is 0 Å². The first kappa shape index (κ1) is 24.7. The lowest BCUT2D eigenvalue weighted by Crippen LogP contribution is -2.32. The van der Waals surface area contributed by atoms with Crippen LogP contribution in [-0.4, -0.2) is 45.8 Å². The van der Waals surface area contributed by atoms with Crippen LogP contribution in [0.25, 0.3) is 0 Å². The molecule has 0 spiro atoms. The van der Waals surface area contributed by atoms with Crippen LogP contribution in [0.5, 0.6) is 11.5 Å². The molecule has 0 saturated carbocycles. The highest BCUT2D eigenvalue weighted by Gasteiger charge is 2.09. The van der Waals surface area contributed by atoms with E-state index < -0.39 is 0 Å². The number of methoxy groups -OCH3 is 2. The Morgan fingerprint density at radius 2 is 1.64 bits per heavy atom. The smallest absolute Gasteiger partial charge is 0.134 e. The minimum absolute atomic E-state index is 0.284. The van der Waals surface area contributed by atoms with Gasteiger partial charge in [0, 0.05) is 38.1 Å². The van der Waals surface area contributed by atoms with Crippen LogP contribution in [0.1, 0.15) is 12.5 Å². The van der Waals surface area contributed by atoms with Crippen molar-refractivity contribution in [3.05, 3.63) is 78.1 Å². The first-order chi connectivity index (χ1) is 16.0. The minimum atomic E-state index is -0.284. The van der Waals surface area contributed by atoms with Gasteiger partial charge < -0.3 is 19.1 Å². The molecule has 5 nitrogen and oxygen atoms in total. The summed E-state index contributed by atoms with van der Waals surface area (Å²) in [5, 5.41) is 0. The number of halogens is 1. The van der Waals surface area contributed by atoms with Gasteiger partial charge in [-0.05, 0) is 78.7 Å². The van der Waals surface area contributed by atoms with Crippen LogP contribution in [-0.2, 0) is 6.54 Å². The van der Waals surface area contributed by atoms with Crippen molar-refractivity contribution in [2.75, 3.05) is 50.5 Å². The molecule has 0 atom stereocenters. The second-order valence-electron chi connectivity index (χ2n) is 7.68. The molecule has 0 aliphatic carbocycles. The average molecular weight is 470 g/mol. The number of likely N-dealkylation sites (N-methyl/N-ethyl adjacent to an activating group) is 2. The Kier molecular flexibility index (Phi) is 9.27. The van der Waals surface area contributed by atoms with Gasteiger partial charge in [-0.1, -0.05) is 19.1 Å². The zero-order chi connectivity index (χ0) is 23.6. The third-order valence-corrected chi connectivity index (χ3v) is 6.35. The van der Waals surface area contributed by atoms with Crippen molar-refractivity contribution < 1.29 is 13.9 Å². The number of hydrogen-bond donors (Lipinski definition) is 1. The fourth-order valence-corrected chi connectivity index (χ4v) is 4.17. The van der Waals surface area contributed by atoms with Crippen LogP contribution in [0.3, 0.4) is 0 Å². The van der Waals surface area contributed by atoms with Crippen molar-refractivity contribution in [2.45, 2.75) is 18.4 Å². The van der Waals surface area contributed by atoms with E-state index in [1.165, 1.54) is 35.3 Å². The van der Waals surface area contributed by atoms with Gasteiger partial charge in [-0.25, -0.2) is 4.39 Å². The van der Waals surface area contributed by atoms with E-state index >= 15 is 0 Å². The summed E-state index contributed by atoms with van der Waals surface area (Å²) in [6.45, 7) is 5.95. The number of nitrogens with zero attached hydrogens (tertiary/aromatic N) is 2. The van der Waals surface area contributed by atoms with Gasteiger partial charge in [0.1, 0.15) is 17.3 Å². The highest BCUT2D eigenvalue weighted by molar-refractivity contribution is 8.00. The molecule has 0 unspecified atom stereocenters. The van der Waals surface area contributed by atoms with Crippen molar-refractivity contribution in [1.82, 2.24) is 4.90 Å². The van der Waals surface area contributed by atoms with Crippen LogP contribution < -0.4 is 19.1 Å². The van der Waals surface area contributed by atoms with E-state index in [0.29, 0.717) is 10.6 Å². The van der Waals surface area contributed by atoms with Crippen LogP contribution in [0.4, 0.5) is 15.8 Å². The van der Waals surface area contributed by atoms with E-state index in [1.807, 2.05) is 24.3 Å². The van der Waals surface area contributed by atoms with E-state index in [-0.39, 0.29) is 5.82 Å². The molecule has 0 aromatic heterocycles. The maximum Gasteiger partial charge on any atom is 0.134 e. The van der Waals surface area contributed by atoms with Crippen LogP contribution in [0.2, 0.25) is 0 Å². The van der Waals surface area contributed by atoms with Crippen LogP contribution in [0, 0.1) is 5.82 Å². The monoisotopic (exact) mass is 469 g/mol. The molecule has 0 aliphatic rings. The number of rotatable bonds is 12. The zero-order valence-corrected chi connectivity index (χ0v) is 20.5. The van der Waals surface area contributed by atoms with E-state index in [4.69, 9.17) is 9.47 Å². The maximum atomic E-state index is 13.5. The summed E-state index contributed by atoms with van der Waals surface area (Å²) in [5.74, 6) is 1.23. The van der Waals surface area contributed by atoms with Crippen molar-refractivity contribution in [3.63, 3.8) is 0 Å². The molecule has 33 heavy (non-hydrogen) atoms. The fraction of sp³-hybridized carbons (Fsp3) is 0.308. The van der Waals surface area contributed by atoms with Crippen LogP contribution >= 0.6 is 11.9 Å². The number of ether oxygens (including phenoxy) is 2. The third kappa shape index (κ3) is 7.30. The molecule has 0 saturated heterocycles. The van der Waals surface area contributed by atoms with Gasteiger partial charge in [0.15, 0.2) is 0 Å². The summed E-state index contributed by atoms with van der Waals surface area (Å²) >= 11 is 1.34. The number of benzene rings is 3. The van der Waals surface area contributed by atoms with Crippen molar-refractivity contribution >= 4 is 23.3 Å². The summed E-state index contributed by atoms with van der Waals surface area (Å²) in [6.07, 6.45) is 0. The summed E-state index contributed by atoms with van der Waals surface area (Å²) in [7, 11) is 5.38. The van der Waals surface area contributed by atoms with Gasteiger partial charge in [0.05, 0.1) is 19.1 Å². The lowest BCUT2D eigenvalue weighted by atomic mass is 10.2. The Balaban J connectivity index is 1.50. The second kappa shape index (κ2) is 12.4. The molecular weight excluding hydrogens is 437 g/mol. The van der Waals surface area contributed by atoms with Crippen LogP contribution in [0.15, 0.2) is 71.6 Å². The molecule has 176 valence electrons. The molecule has 0 amide bonds. The molecule has 3 aromatic rings. The summed E-state index contributed by atoms with van der Waals surface area (Å²) in [5.41, 5.74) is 3.38. The van der Waals surface area contributed by atoms with Gasteiger partial charge in [-0.15, -0.1) is 0 Å². The first-order valence-corrected chi connectivity index (χ1v) is 11.8. The first-order valence-electron chi connectivity index (χ1n) is 10.9. The van der Waals surface area contributed by atoms with Gasteiger partial charge >= 0.3 is 0 Å². The molecule has 0 fully saturated rings. The second-order valence-corrected chi connectivity index (χ2v) is 8.53. The Bertz CT molecular complexity index is 999. The van der Waals surface area contributed by atoms with Gasteiger partial charge in [0.25, 0.3) is 0 Å². The maximum absolute atomic E-state index is 13.5. The summed E-state index contributed by atoms with van der Waals surface area (Å²) < 4.78 is 27.4. The quantitative estimate of drug-likeness (QED) is 0.332. The molecule has 1 N–H and O–H groups in total. The van der Waals surface area contributed by atoms with Crippen molar-refractivity contribution in [1.29, 1.82) is 0 Å². The fourth-order valence-electron chi connectivity index (χ4n) is 3.39. The molecule has 0 aliphatic heterocycles. The molecule has 0 radical (unpaired) electrons. The molecular formula is C26H32FN3O2S. The summed E-state index contributed by atoms with van der Waals surface area (Å²) in [4.78, 5) is 5.39. The minimum Gasteiger partial charge on any atom is -0.497 e. The topological polar surface area (TPSA) is 37.0 Å². The highest BCUT2D eigenvalue weighted by Crippen LogP contribution is 2.30. The molecule has 0 heterocycles. The van der Waals surface area contributed by atoms with E-state index in [9.17, 15) is 4.39 Å². The third-order valence-electron chi connectivity index (χ3n) is 5.48. The zero-order valence-electron chi connectivity index (χ0n) is 19.7. The van der Waals surface area contributed by atoms with Gasteiger partial charge in [0.2, 0.25) is 0 Å². The predicted octanol–water partition coefficient (Wildman–Crippen LogP) is 5.92. The lowest BCUT2D eigenvalue weighted by Gasteiger charge is -2.26. The van der Waals surface area contributed by atoms with E-state index in [2.05, 4.69) is 52.8 Å². The van der Waals surface area contributed by atoms with E-state index in [0.717, 1.165) is 37.6 Å². The Morgan fingerprint density at radius 3 is 2.27 bits per heavy atom. The van der Waals surface area contributed by atoms with Gasteiger partial charge in [-0.2, -0.15) is 0 Å². The normalized spacial score (nSPS) is 10.8. The SMILES string of the molecule is CCN(CCN(C)c1ccc(OC)cc1)Cc1ccc(NSc2cc(F)ccc2OC)cc1. The molecule has 7 heteroatoms.